The largest absolute Gasteiger partial charge is 0.433 e. The number of alkyl halides is 4. The molecule has 1 heterocycles. The summed E-state index contributed by atoms with van der Waals surface area (Å²) in [5.41, 5.74) is -0.0234. The van der Waals surface area contributed by atoms with Crippen LogP contribution in [0.25, 0.3) is 0 Å². The topological polar surface area (TPSA) is 25.8 Å². The molecule has 2 nitrogen and oxygen atoms in total. The van der Waals surface area contributed by atoms with Gasteiger partial charge in [0.1, 0.15) is 5.82 Å². The first-order valence-electron chi connectivity index (χ1n) is 5.04. The van der Waals surface area contributed by atoms with Crippen LogP contribution in [0.2, 0.25) is 0 Å². The molecule has 1 aliphatic rings. The fraction of sp³-hybridized carbons (Fsp3) is 0.600. The number of aromatic nitrogens is 2. The molecule has 1 aromatic rings. The molecular formula is C10H10ClF3N2. The summed E-state index contributed by atoms with van der Waals surface area (Å²) in [6.07, 6.45) is -1.77. The minimum atomic E-state index is -4.41. The van der Waals surface area contributed by atoms with Gasteiger partial charge in [-0.1, -0.05) is 0 Å². The normalized spacial score (nSPS) is 16.0. The molecule has 2 rings (SSSR count). The first-order valence-corrected chi connectivity index (χ1v) is 5.57. The molecule has 0 bridgehead atoms. The average molecular weight is 251 g/mol. The van der Waals surface area contributed by atoms with Gasteiger partial charge in [-0.05, 0) is 25.7 Å². The van der Waals surface area contributed by atoms with Crippen molar-refractivity contribution < 1.29 is 13.2 Å². The Morgan fingerprint density at radius 1 is 1.12 bits per heavy atom. The van der Waals surface area contributed by atoms with Gasteiger partial charge in [0.05, 0.1) is 5.88 Å². The van der Waals surface area contributed by atoms with Crippen LogP contribution in [-0.4, -0.2) is 9.97 Å². The van der Waals surface area contributed by atoms with Crippen molar-refractivity contribution in [1.29, 1.82) is 0 Å². The van der Waals surface area contributed by atoms with Crippen LogP contribution in [0.5, 0.6) is 0 Å². The number of rotatable bonds is 1. The summed E-state index contributed by atoms with van der Waals surface area (Å²) in [5, 5.41) is 0. The molecule has 6 heteroatoms. The van der Waals surface area contributed by atoms with E-state index in [2.05, 4.69) is 9.97 Å². The quantitative estimate of drug-likeness (QED) is 0.716. The third-order valence-corrected chi connectivity index (χ3v) is 2.86. The van der Waals surface area contributed by atoms with E-state index in [1.807, 2.05) is 0 Å². The van der Waals surface area contributed by atoms with Crippen LogP contribution < -0.4 is 0 Å². The molecule has 0 aliphatic heterocycles. The van der Waals surface area contributed by atoms with Gasteiger partial charge in [-0.15, -0.1) is 11.6 Å². The van der Waals surface area contributed by atoms with E-state index in [9.17, 15) is 13.2 Å². The Kier molecular flexibility index (Phi) is 3.06. The molecule has 0 aromatic carbocycles. The molecule has 0 N–H and O–H groups in total. The van der Waals surface area contributed by atoms with Gasteiger partial charge < -0.3 is 0 Å². The molecule has 0 atom stereocenters. The second-order valence-corrected chi connectivity index (χ2v) is 4.02. The maximum atomic E-state index is 12.8. The van der Waals surface area contributed by atoms with Crippen molar-refractivity contribution in [2.45, 2.75) is 37.7 Å². The molecule has 0 saturated heterocycles. The molecule has 0 radical (unpaired) electrons. The van der Waals surface area contributed by atoms with E-state index in [0.29, 0.717) is 18.5 Å². The standard InChI is InChI=1S/C10H10ClF3N2/c11-5-8-15-7-4-2-1-3-6(7)9(16-8)10(12,13)14/h1-5H2. The van der Waals surface area contributed by atoms with Gasteiger partial charge in [-0.2, -0.15) is 13.2 Å². The van der Waals surface area contributed by atoms with E-state index in [4.69, 9.17) is 11.6 Å². The van der Waals surface area contributed by atoms with E-state index in [1.165, 1.54) is 0 Å². The second-order valence-electron chi connectivity index (χ2n) is 3.75. The highest BCUT2D eigenvalue weighted by Gasteiger charge is 2.37. The van der Waals surface area contributed by atoms with E-state index in [-0.39, 0.29) is 17.3 Å². The SMILES string of the molecule is FC(F)(F)c1nc(CCl)nc2c1CCCC2. The molecule has 1 aliphatic carbocycles. The smallest absolute Gasteiger partial charge is 0.236 e. The lowest BCUT2D eigenvalue weighted by Crippen LogP contribution is -2.19. The number of halogens is 4. The lowest BCUT2D eigenvalue weighted by atomic mass is 9.94. The van der Waals surface area contributed by atoms with Crippen molar-refractivity contribution in [3.63, 3.8) is 0 Å². The van der Waals surface area contributed by atoms with Crippen molar-refractivity contribution in [3.05, 3.63) is 22.8 Å². The maximum absolute atomic E-state index is 12.8. The summed E-state index contributed by atoms with van der Waals surface area (Å²) >= 11 is 5.50. The highest BCUT2D eigenvalue weighted by molar-refractivity contribution is 6.16. The summed E-state index contributed by atoms with van der Waals surface area (Å²) in [6, 6.07) is 0. The van der Waals surface area contributed by atoms with Gasteiger partial charge in [0.2, 0.25) is 0 Å². The lowest BCUT2D eigenvalue weighted by Gasteiger charge is -2.19. The van der Waals surface area contributed by atoms with Gasteiger partial charge >= 0.3 is 6.18 Å². The highest BCUT2D eigenvalue weighted by atomic mass is 35.5. The van der Waals surface area contributed by atoms with Gasteiger partial charge in [0, 0.05) is 11.3 Å². The predicted octanol–water partition coefficient (Wildman–Crippen LogP) is 3.11. The number of aryl methyl sites for hydroxylation is 1. The van der Waals surface area contributed by atoms with Crippen LogP contribution in [0.1, 0.15) is 35.6 Å². The molecule has 0 spiro atoms. The zero-order valence-corrected chi connectivity index (χ0v) is 9.20. The lowest BCUT2D eigenvalue weighted by molar-refractivity contribution is -0.142. The number of hydrogen-bond acceptors (Lipinski definition) is 2. The van der Waals surface area contributed by atoms with Gasteiger partial charge in [0.25, 0.3) is 0 Å². The molecule has 0 amide bonds. The molecule has 16 heavy (non-hydrogen) atoms. The third kappa shape index (κ3) is 2.14. The summed E-state index contributed by atoms with van der Waals surface area (Å²) in [5.74, 6) is -0.0225. The van der Waals surface area contributed by atoms with Crippen molar-refractivity contribution >= 4 is 11.6 Å². The van der Waals surface area contributed by atoms with Crippen molar-refractivity contribution in [2.24, 2.45) is 0 Å². The van der Waals surface area contributed by atoms with Gasteiger partial charge in [-0.25, -0.2) is 9.97 Å². The second kappa shape index (κ2) is 4.20. The first-order chi connectivity index (χ1) is 7.52. The summed E-state index contributed by atoms with van der Waals surface area (Å²) in [7, 11) is 0. The number of hydrogen-bond donors (Lipinski definition) is 0. The van der Waals surface area contributed by atoms with Crippen LogP contribution in [-0.2, 0) is 24.9 Å². The summed E-state index contributed by atoms with van der Waals surface area (Å²) in [6.45, 7) is 0. The summed E-state index contributed by atoms with van der Waals surface area (Å²) < 4.78 is 38.3. The van der Waals surface area contributed by atoms with E-state index < -0.39 is 11.9 Å². The van der Waals surface area contributed by atoms with E-state index >= 15 is 0 Å². The molecule has 1 aromatic heterocycles. The predicted molar refractivity (Wildman–Crippen MR) is 53.2 cm³/mol. The Balaban J connectivity index is 2.56. The molecular weight excluding hydrogens is 241 g/mol. The Labute approximate surface area is 95.9 Å². The Bertz CT molecular complexity index is 404. The zero-order chi connectivity index (χ0) is 11.8. The van der Waals surface area contributed by atoms with E-state index in [1.54, 1.807) is 0 Å². The monoisotopic (exact) mass is 250 g/mol. The highest BCUT2D eigenvalue weighted by Crippen LogP contribution is 2.34. The molecule has 0 unspecified atom stereocenters. The Morgan fingerprint density at radius 2 is 1.81 bits per heavy atom. The fourth-order valence-corrected chi connectivity index (χ4v) is 2.06. The molecule has 0 fully saturated rings. The van der Waals surface area contributed by atoms with Gasteiger partial charge in [-0.3, -0.25) is 0 Å². The van der Waals surface area contributed by atoms with Crippen LogP contribution in [0.3, 0.4) is 0 Å². The molecule has 0 saturated carbocycles. The minimum absolute atomic E-state index is 0.0645. The van der Waals surface area contributed by atoms with E-state index in [0.717, 1.165) is 12.8 Å². The van der Waals surface area contributed by atoms with Crippen molar-refractivity contribution in [1.82, 2.24) is 9.97 Å². The summed E-state index contributed by atoms with van der Waals surface area (Å²) in [4.78, 5) is 7.57. The first kappa shape index (κ1) is 11.6. The Morgan fingerprint density at radius 3 is 2.44 bits per heavy atom. The zero-order valence-electron chi connectivity index (χ0n) is 8.44. The molecule has 88 valence electrons. The van der Waals surface area contributed by atoms with Crippen molar-refractivity contribution in [3.8, 4) is 0 Å². The van der Waals surface area contributed by atoms with Crippen LogP contribution in [0, 0.1) is 0 Å². The van der Waals surface area contributed by atoms with Crippen LogP contribution in [0.15, 0.2) is 0 Å². The van der Waals surface area contributed by atoms with Crippen LogP contribution >= 0.6 is 11.6 Å². The average Bonchev–Trinajstić information content (AvgIpc) is 2.26. The third-order valence-electron chi connectivity index (χ3n) is 2.62. The number of fused-ring (bicyclic) bond motifs is 1. The maximum Gasteiger partial charge on any atom is 0.433 e. The van der Waals surface area contributed by atoms with Crippen LogP contribution in [0.4, 0.5) is 13.2 Å². The fourth-order valence-electron chi connectivity index (χ4n) is 1.94. The number of nitrogens with zero attached hydrogens (tertiary/aromatic N) is 2. The van der Waals surface area contributed by atoms with Crippen molar-refractivity contribution in [2.75, 3.05) is 0 Å². The van der Waals surface area contributed by atoms with Gasteiger partial charge in [0.15, 0.2) is 5.69 Å². The Hall–Kier alpha value is -0.840. The minimum Gasteiger partial charge on any atom is -0.236 e.